The van der Waals surface area contributed by atoms with Gasteiger partial charge in [-0.1, -0.05) is 32.9 Å². The molecule has 2 heteroatoms. The molecule has 1 N–H and O–H groups in total. The van der Waals surface area contributed by atoms with Crippen molar-refractivity contribution in [3.8, 4) is 0 Å². The van der Waals surface area contributed by atoms with Gasteiger partial charge in [-0.25, -0.2) is 0 Å². The van der Waals surface area contributed by atoms with Gasteiger partial charge in [0.15, 0.2) is 0 Å². The fraction of sp³-hybridized carbons (Fsp3) is 0.647. The summed E-state index contributed by atoms with van der Waals surface area (Å²) in [7, 11) is 0. The van der Waals surface area contributed by atoms with Crippen LogP contribution in [0.1, 0.15) is 51.5 Å². The molecule has 2 nitrogen and oxygen atoms in total. The summed E-state index contributed by atoms with van der Waals surface area (Å²) in [6.07, 6.45) is 3.74. The van der Waals surface area contributed by atoms with E-state index in [0.29, 0.717) is 12.0 Å². The van der Waals surface area contributed by atoms with Gasteiger partial charge in [-0.2, -0.15) is 0 Å². The lowest BCUT2D eigenvalue weighted by Gasteiger charge is -2.32. The third kappa shape index (κ3) is 3.97. The second-order valence-electron chi connectivity index (χ2n) is 5.78. The Bertz CT molecular complexity index is 363. The molecule has 1 aliphatic rings. The molecule has 0 aliphatic carbocycles. The Labute approximate surface area is 118 Å². The van der Waals surface area contributed by atoms with Crippen LogP contribution in [0.4, 0.5) is 5.69 Å². The molecule has 1 aromatic rings. The average Bonchev–Trinajstić information content (AvgIpc) is 2.48. The first kappa shape index (κ1) is 14.4. The number of anilines is 1. The summed E-state index contributed by atoms with van der Waals surface area (Å²) in [5.41, 5.74) is 2.73. The largest absolute Gasteiger partial charge is 0.382 e. The van der Waals surface area contributed by atoms with Crippen molar-refractivity contribution >= 4 is 5.69 Å². The van der Waals surface area contributed by atoms with Crippen LogP contribution >= 0.6 is 0 Å². The molecule has 1 saturated heterocycles. The zero-order valence-electron chi connectivity index (χ0n) is 12.7. The molecule has 1 fully saturated rings. The molecule has 19 heavy (non-hydrogen) atoms. The smallest absolute Gasteiger partial charge is 0.0342 e. The van der Waals surface area contributed by atoms with Crippen LogP contribution < -0.4 is 5.32 Å². The molecule has 2 rings (SSSR count). The fourth-order valence-electron chi connectivity index (χ4n) is 2.77. The van der Waals surface area contributed by atoms with Crippen LogP contribution in [0.2, 0.25) is 0 Å². The zero-order valence-corrected chi connectivity index (χ0v) is 12.7. The molecule has 1 atom stereocenters. The van der Waals surface area contributed by atoms with Crippen molar-refractivity contribution in [2.24, 2.45) is 0 Å². The molecular weight excluding hydrogens is 232 g/mol. The molecular formula is C17H28N2. The van der Waals surface area contributed by atoms with Gasteiger partial charge in [-0.05, 0) is 49.4 Å². The van der Waals surface area contributed by atoms with E-state index in [2.05, 4.69) is 55.3 Å². The maximum absolute atomic E-state index is 3.68. The Kier molecular flexibility index (Phi) is 5.26. The van der Waals surface area contributed by atoms with Gasteiger partial charge in [-0.3, -0.25) is 0 Å². The molecule has 0 bridgehead atoms. The highest BCUT2D eigenvalue weighted by Gasteiger charge is 2.17. The van der Waals surface area contributed by atoms with E-state index in [-0.39, 0.29) is 0 Å². The standard InChI is InChI=1S/C17H28N2/c1-4-14(3)15-6-8-16(9-7-15)18-17-10-12-19(5-2)13-11-17/h6-9,14,17-18H,4-5,10-13H2,1-3H3. The Hall–Kier alpha value is -1.02. The van der Waals surface area contributed by atoms with Crippen LogP contribution in [0, 0.1) is 0 Å². The monoisotopic (exact) mass is 260 g/mol. The predicted molar refractivity (Wildman–Crippen MR) is 83.9 cm³/mol. The van der Waals surface area contributed by atoms with Gasteiger partial charge in [0.05, 0.1) is 0 Å². The average molecular weight is 260 g/mol. The summed E-state index contributed by atoms with van der Waals surface area (Å²) < 4.78 is 0. The molecule has 0 amide bonds. The normalized spacial score (nSPS) is 19.3. The van der Waals surface area contributed by atoms with Gasteiger partial charge in [0.2, 0.25) is 0 Å². The van der Waals surface area contributed by atoms with E-state index in [0.717, 1.165) is 0 Å². The number of piperidine rings is 1. The van der Waals surface area contributed by atoms with Gasteiger partial charge in [-0.15, -0.1) is 0 Å². The maximum Gasteiger partial charge on any atom is 0.0342 e. The Balaban J connectivity index is 1.86. The maximum atomic E-state index is 3.68. The van der Waals surface area contributed by atoms with Crippen LogP contribution in [0.15, 0.2) is 24.3 Å². The SMILES string of the molecule is CCC(C)c1ccc(NC2CCN(CC)CC2)cc1. The van der Waals surface area contributed by atoms with Gasteiger partial charge in [0.1, 0.15) is 0 Å². The first-order chi connectivity index (χ1) is 9.22. The first-order valence-electron chi connectivity index (χ1n) is 7.81. The summed E-state index contributed by atoms with van der Waals surface area (Å²) in [5.74, 6) is 0.668. The fourth-order valence-corrected chi connectivity index (χ4v) is 2.77. The first-order valence-corrected chi connectivity index (χ1v) is 7.81. The molecule has 106 valence electrons. The summed E-state index contributed by atoms with van der Waals surface area (Å²) in [5, 5.41) is 3.68. The third-order valence-corrected chi connectivity index (χ3v) is 4.50. The van der Waals surface area contributed by atoms with Gasteiger partial charge < -0.3 is 10.2 Å². The lowest BCUT2D eigenvalue weighted by Crippen LogP contribution is -2.38. The molecule has 0 radical (unpaired) electrons. The van der Waals surface area contributed by atoms with Crippen LogP contribution in [0.3, 0.4) is 0 Å². The van der Waals surface area contributed by atoms with Crippen molar-refractivity contribution < 1.29 is 0 Å². The highest BCUT2D eigenvalue weighted by Crippen LogP contribution is 2.22. The molecule has 1 unspecified atom stereocenters. The Morgan fingerprint density at radius 3 is 2.32 bits per heavy atom. The van der Waals surface area contributed by atoms with Crippen molar-refractivity contribution in [1.29, 1.82) is 0 Å². The second-order valence-corrected chi connectivity index (χ2v) is 5.78. The Morgan fingerprint density at radius 1 is 1.16 bits per heavy atom. The molecule has 0 saturated carbocycles. The minimum Gasteiger partial charge on any atom is -0.382 e. The minimum absolute atomic E-state index is 0.650. The highest BCUT2D eigenvalue weighted by atomic mass is 15.1. The third-order valence-electron chi connectivity index (χ3n) is 4.50. The van der Waals surface area contributed by atoms with E-state index in [4.69, 9.17) is 0 Å². The number of hydrogen-bond acceptors (Lipinski definition) is 2. The number of rotatable bonds is 5. The van der Waals surface area contributed by atoms with Crippen molar-refractivity contribution in [3.05, 3.63) is 29.8 Å². The number of nitrogens with zero attached hydrogens (tertiary/aromatic N) is 1. The lowest BCUT2D eigenvalue weighted by atomic mass is 9.98. The summed E-state index contributed by atoms with van der Waals surface area (Å²) in [4.78, 5) is 2.53. The summed E-state index contributed by atoms with van der Waals surface area (Å²) in [6, 6.07) is 9.69. The van der Waals surface area contributed by atoms with Crippen molar-refractivity contribution in [1.82, 2.24) is 4.90 Å². The Morgan fingerprint density at radius 2 is 1.79 bits per heavy atom. The summed E-state index contributed by atoms with van der Waals surface area (Å²) in [6.45, 7) is 10.5. The van der Waals surface area contributed by atoms with Gasteiger partial charge in [0.25, 0.3) is 0 Å². The quantitative estimate of drug-likeness (QED) is 0.857. The molecule has 1 aromatic carbocycles. The number of hydrogen-bond donors (Lipinski definition) is 1. The van der Waals surface area contributed by atoms with Crippen molar-refractivity contribution in [2.45, 2.75) is 52.0 Å². The molecule has 1 heterocycles. The molecule has 0 spiro atoms. The van der Waals surface area contributed by atoms with Crippen molar-refractivity contribution in [3.63, 3.8) is 0 Å². The molecule has 1 aliphatic heterocycles. The number of benzene rings is 1. The van der Waals surface area contributed by atoms with E-state index in [1.165, 1.54) is 50.1 Å². The lowest BCUT2D eigenvalue weighted by molar-refractivity contribution is 0.229. The second kappa shape index (κ2) is 6.95. The van der Waals surface area contributed by atoms with E-state index >= 15 is 0 Å². The van der Waals surface area contributed by atoms with E-state index in [1.807, 2.05) is 0 Å². The number of likely N-dealkylation sites (tertiary alicyclic amines) is 1. The predicted octanol–water partition coefficient (Wildman–Crippen LogP) is 4.10. The molecule has 0 aromatic heterocycles. The summed E-state index contributed by atoms with van der Waals surface area (Å²) >= 11 is 0. The van der Waals surface area contributed by atoms with E-state index < -0.39 is 0 Å². The zero-order chi connectivity index (χ0) is 13.7. The topological polar surface area (TPSA) is 15.3 Å². The number of nitrogens with one attached hydrogen (secondary N) is 1. The minimum atomic E-state index is 0.650. The van der Waals surface area contributed by atoms with E-state index in [9.17, 15) is 0 Å². The van der Waals surface area contributed by atoms with Crippen LogP contribution in [0.5, 0.6) is 0 Å². The highest BCUT2D eigenvalue weighted by molar-refractivity contribution is 5.46. The van der Waals surface area contributed by atoms with Gasteiger partial charge >= 0.3 is 0 Å². The van der Waals surface area contributed by atoms with E-state index in [1.54, 1.807) is 0 Å². The van der Waals surface area contributed by atoms with Crippen LogP contribution in [0.25, 0.3) is 0 Å². The van der Waals surface area contributed by atoms with Gasteiger partial charge in [0, 0.05) is 24.8 Å². The van der Waals surface area contributed by atoms with Crippen LogP contribution in [-0.2, 0) is 0 Å². The van der Waals surface area contributed by atoms with Crippen LogP contribution in [-0.4, -0.2) is 30.6 Å². The van der Waals surface area contributed by atoms with Crippen molar-refractivity contribution in [2.75, 3.05) is 25.0 Å².